The van der Waals surface area contributed by atoms with Gasteiger partial charge in [-0.2, -0.15) is 11.8 Å². The highest BCUT2D eigenvalue weighted by molar-refractivity contribution is 9.10. The van der Waals surface area contributed by atoms with E-state index >= 15 is 0 Å². The van der Waals surface area contributed by atoms with Crippen molar-refractivity contribution in [3.8, 4) is 0 Å². The SMILES string of the molecule is Cc1ccc(S(=O)(=O)N(CC(=O)NCCSC(C)(C)C)c2ccc(Br)cc2)cc1. The maximum absolute atomic E-state index is 13.3. The Morgan fingerprint density at radius 3 is 2.21 bits per heavy atom. The molecule has 0 saturated carbocycles. The summed E-state index contributed by atoms with van der Waals surface area (Å²) >= 11 is 5.10. The molecule has 158 valence electrons. The highest BCUT2D eigenvalue weighted by Gasteiger charge is 2.27. The molecule has 29 heavy (non-hydrogen) atoms. The average molecular weight is 499 g/mol. The minimum absolute atomic E-state index is 0.114. The standard InChI is InChI=1S/C21H27BrN2O3S2/c1-16-5-11-19(12-6-16)29(26,27)24(18-9-7-17(22)8-10-18)15-20(25)23-13-14-28-21(2,3)4/h5-12H,13-15H2,1-4H3,(H,23,25). The highest BCUT2D eigenvalue weighted by Crippen LogP contribution is 2.25. The molecule has 0 spiro atoms. The summed E-state index contributed by atoms with van der Waals surface area (Å²) < 4.78 is 28.6. The smallest absolute Gasteiger partial charge is 0.264 e. The lowest BCUT2D eigenvalue weighted by Gasteiger charge is -2.24. The summed E-state index contributed by atoms with van der Waals surface area (Å²) in [5.41, 5.74) is 1.40. The molecule has 1 amide bonds. The molecule has 0 fully saturated rings. The molecule has 0 unspecified atom stereocenters. The molecule has 2 aromatic rings. The summed E-state index contributed by atoms with van der Waals surface area (Å²) in [6.45, 7) is 8.44. The fourth-order valence-corrected chi connectivity index (χ4v) is 5.00. The van der Waals surface area contributed by atoms with Gasteiger partial charge in [0.05, 0.1) is 10.6 Å². The minimum Gasteiger partial charge on any atom is -0.354 e. The molecule has 5 nitrogen and oxygen atoms in total. The molecule has 0 aliphatic rings. The van der Waals surface area contributed by atoms with Crippen molar-refractivity contribution in [2.45, 2.75) is 37.3 Å². The third-order valence-corrected chi connectivity index (χ3v) is 7.56. The number of thioether (sulfide) groups is 1. The molecule has 0 atom stereocenters. The van der Waals surface area contributed by atoms with Crippen LogP contribution in [0.4, 0.5) is 5.69 Å². The normalized spacial score (nSPS) is 11.9. The second kappa shape index (κ2) is 10.00. The van der Waals surface area contributed by atoms with Gasteiger partial charge in [-0.25, -0.2) is 8.42 Å². The van der Waals surface area contributed by atoms with Crippen LogP contribution in [-0.2, 0) is 14.8 Å². The van der Waals surface area contributed by atoms with E-state index in [1.807, 2.05) is 6.92 Å². The Labute approximate surface area is 186 Å². The number of hydrogen-bond acceptors (Lipinski definition) is 4. The van der Waals surface area contributed by atoms with E-state index < -0.39 is 10.0 Å². The van der Waals surface area contributed by atoms with Crippen molar-refractivity contribution >= 4 is 49.3 Å². The van der Waals surface area contributed by atoms with Crippen molar-refractivity contribution in [2.75, 3.05) is 23.1 Å². The summed E-state index contributed by atoms with van der Waals surface area (Å²) in [5.74, 6) is 0.427. The Balaban J connectivity index is 2.21. The number of nitrogens with one attached hydrogen (secondary N) is 1. The van der Waals surface area contributed by atoms with E-state index in [0.717, 1.165) is 20.1 Å². The number of anilines is 1. The van der Waals surface area contributed by atoms with E-state index in [-0.39, 0.29) is 22.1 Å². The van der Waals surface area contributed by atoms with Crippen LogP contribution in [0.1, 0.15) is 26.3 Å². The van der Waals surface area contributed by atoms with Crippen molar-refractivity contribution in [3.05, 3.63) is 58.6 Å². The largest absolute Gasteiger partial charge is 0.354 e. The van der Waals surface area contributed by atoms with Crippen LogP contribution >= 0.6 is 27.7 Å². The van der Waals surface area contributed by atoms with Crippen molar-refractivity contribution < 1.29 is 13.2 Å². The molecule has 0 radical (unpaired) electrons. The van der Waals surface area contributed by atoms with Gasteiger partial charge in [0.2, 0.25) is 5.91 Å². The molecule has 0 aliphatic heterocycles. The quantitative estimate of drug-likeness (QED) is 0.540. The Morgan fingerprint density at radius 2 is 1.66 bits per heavy atom. The highest BCUT2D eigenvalue weighted by atomic mass is 79.9. The van der Waals surface area contributed by atoms with Crippen LogP contribution in [0.3, 0.4) is 0 Å². The van der Waals surface area contributed by atoms with Gasteiger partial charge in [-0.15, -0.1) is 0 Å². The molecule has 0 bridgehead atoms. The van der Waals surface area contributed by atoms with Gasteiger partial charge in [0.15, 0.2) is 0 Å². The number of nitrogens with zero attached hydrogens (tertiary/aromatic N) is 1. The average Bonchev–Trinajstić information content (AvgIpc) is 2.64. The first-order valence-electron chi connectivity index (χ1n) is 9.25. The van der Waals surface area contributed by atoms with E-state index in [1.165, 1.54) is 0 Å². The first-order valence-corrected chi connectivity index (χ1v) is 12.5. The van der Waals surface area contributed by atoms with E-state index in [4.69, 9.17) is 0 Å². The molecule has 1 N–H and O–H groups in total. The molecule has 8 heteroatoms. The van der Waals surface area contributed by atoms with Gasteiger partial charge in [-0.1, -0.05) is 54.4 Å². The zero-order valence-electron chi connectivity index (χ0n) is 17.1. The van der Waals surface area contributed by atoms with Gasteiger partial charge < -0.3 is 5.32 Å². The number of carbonyl (C=O) groups is 1. The Bertz CT molecular complexity index is 922. The molecule has 0 aliphatic carbocycles. The van der Waals surface area contributed by atoms with Crippen molar-refractivity contribution in [1.29, 1.82) is 0 Å². The molecular formula is C21H27BrN2O3S2. The van der Waals surface area contributed by atoms with Gasteiger partial charge in [-0.05, 0) is 43.3 Å². The van der Waals surface area contributed by atoms with Gasteiger partial charge >= 0.3 is 0 Å². The zero-order chi connectivity index (χ0) is 21.7. The molecule has 0 aromatic heterocycles. The summed E-state index contributed by atoms with van der Waals surface area (Å²) in [7, 11) is -3.88. The van der Waals surface area contributed by atoms with Gasteiger partial charge in [0.1, 0.15) is 6.54 Å². The lowest BCUT2D eigenvalue weighted by molar-refractivity contribution is -0.119. The molecular weight excluding hydrogens is 472 g/mol. The van der Waals surface area contributed by atoms with Crippen molar-refractivity contribution in [1.82, 2.24) is 5.32 Å². The number of halogens is 1. The van der Waals surface area contributed by atoms with Crippen LogP contribution < -0.4 is 9.62 Å². The van der Waals surface area contributed by atoms with Crippen LogP contribution in [0.5, 0.6) is 0 Å². The minimum atomic E-state index is -3.88. The van der Waals surface area contributed by atoms with E-state index in [2.05, 4.69) is 42.0 Å². The first kappa shape index (κ1) is 23.8. The predicted octanol–water partition coefficient (Wildman–Crippen LogP) is 4.60. The number of carbonyl (C=O) groups excluding carboxylic acids is 1. The van der Waals surface area contributed by atoms with Crippen molar-refractivity contribution in [3.63, 3.8) is 0 Å². The van der Waals surface area contributed by atoms with E-state index in [9.17, 15) is 13.2 Å². The maximum atomic E-state index is 13.3. The Morgan fingerprint density at radius 1 is 1.07 bits per heavy atom. The number of benzene rings is 2. The van der Waals surface area contributed by atoms with Crippen LogP contribution in [0, 0.1) is 6.92 Å². The van der Waals surface area contributed by atoms with E-state index in [1.54, 1.807) is 60.3 Å². The Kier molecular flexibility index (Phi) is 8.19. The molecule has 2 aromatic carbocycles. The predicted molar refractivity (Wildman–Crippen MR) is 125 cm³/mol. The zero-order valence-corrected chi connectivity index (χ0v) is 20.3. The lowest BCUT2D eigenvalue weighted by Crippen LogP contribution is -2.41. The number of amides is 1. The number of rotatable bonds is 8. The van der Waals surface area contributed by atoms with Crippen molar-refractivity contribution in [2.24, 2.45) is 0 Å². The van der Waals surface area contributed by atoms with E-state index in [0.29, 0.717) is 12.2 Å². The summed E-state index contributed by atoms with van der Waals surface area (Å²) in [5, 5.41) is 2.82. The second-order valence-electron chi connectivity index (χ2n) is 7.61. The van der Waals surface area contributed by atoms with Gasteiger partial charge in [0.25, 0.3) is 10.0 Å². The Hall–Kier alpha value is -1.51. The summed E-state index contributed by atoms with van der Waals surface area (Å²) in [4.78, 5) is 12.7. The third-order valence-electron chi connectivity index (χ3n) is 3.97. The fourth-order valence-electron chi connectivity index (χ4n) is 2.49. The fraction of sp³-hybridized carbons (Fsp3) is 0.381. The van der Waals surface area contributed by atoms with Gasteiger partial charge in [0, 0.05) is 21.5 Å². The second-order valence-corrected chi connectivity index (χ2v) is 12.3. The van der Waals surface area contributed by atoms with Gasteiger partial charge in [-0.3, -0.25) is 9.10 Å². The lowest BCUT2D eigenvalue weighted by atomic mass is 10.2. The summed E-state index contributed by atoms with van der Waals surface area (Å²) in [6, 6.07) is 13.5. The van der Waals surface area contributed by atoms with Crippen LogP contribution in [-0.4, -0.2) is 37.9 Å². The van der Waals surface area contributed by atoms with Crippen LogP contribution in [0.15, 0.2) is 57.9 Å². The topological polar surface area (TPSA) is 66.5 Å². The molecule has 0 heterocycles. The third kappa shape index (κ3) is 7.35. The number of aryl methyl sites for hydroxylation is 1. The monoisotopic (exact) mass is 498 g/mol. The van der Waals surface area contributed by atoms with Crippen LogP contribution in [0.25, 0.3) is 0 Å². The number of hydrogen-bond donors (Lipinski definition) is 1. The van der Waals surface area contributed by atoms with Crippen LogP contribution in [0.2, 0.25) is 0 Å². The maximum Gasteiger partial charge on any atom is 0.264 e. The summed E-state index contributed by atoms with van der Waals surface area (Å²) in [6.07, 6.45) is 0. The first-order chi connectivity index (χ1) is 13.5. The molecule has 2 rings (SSSR count). The number of sulfonamides is 1. The molecule has 0 saturated heterocycles.